The van der Waals surface area contributed by atoms with Gasteiger partial charge in [-0.3, -0.25) is 4.79 Å². The van der Waals surface area contributed by atoms with Gasteiger partial charge in [0.05, 0.1) is 5.69 Å². The van der Waals surface area contributed by atoms with Crippen LogP contribution in [0.15, 0.2) is 10.9 Å². The molecule has 1 rings (SSSR count). The summed E-state index contributed by atoms with van der Waals surface area (Å²) in [6.07, 6.45) is 0.922. The monoisotopic (exact) mass is 251 g/mol. The number of hydrogen-bond acceptors (Lipinski definition) is 3. The van der Waals surface area contributed by atoms with Gasteiger partial charge in [0.25, 0.3) is 5.56 Å². The Morgan fingerprint density at radius 2 is 2.00 bits per heavy atom. The van der Waals surface area contributed by atoms with E-state index in [-0.39, 0.29) is 5.56 Å². The minimum absolute atomic E-state index is 0.0365. The van der Waals surface area contributed by atoms with E-state index in [2.05, 4.69) is 45.0 Å². The van der Waals surface area contributed by atoms with E-state index in [1.165, 1.54) is 0 Å². The predicted octanol–water partition coefficient (Wildman–Crippen LogP) is 2.27. The van der Waals surface area contributed by atoms with Gasteiger partial charge in [0.1, 0.15) is 0 Å². The fourth-order valence-electron chi connectivity index (χ4n) is 1.71. The fraction of sp³-hybridized carbons (Fsp3) is 0.714. The van der Waals surface area contributed by atoms with Crippen molar-refractivity contribution in [2.75, 3.05) is 0 Å². The van der Waals surface area contributed by atoms with E-state index in [1.54, 1.807) is 4.68 Å². The van der Waals surface area contributed by atoms with Crippen molar-refractivity contribution in [2.24, 2.45) is 0 Å². The summed E-state index contributed by atoms with van der Waals surface area (Å²) in [7, 11) is 0. The largest absolute Gasteiger partial charge is 0.310 e. The number of hydrogen-bond donors (Lipinski definition) is 1. The second-order valence-corrected chi connectivity index (χ2v) is 5.31. The maximum atomic E-state index is 12.2. The molecule has 4 heteroatoms. The van der Waals surface area contributed by atoms with Crippen molar-refractivity contribution < 1.29 is 0 Å². The van der Waals surface area contributed by atoms with Gasteiger partial charge in [0.15, 0.2) is 0 Å². The molecule has 0 aliphatic carbocycles. The molecule has 0 saturated carbocycles. The van der Waals surface area contributed by atoms with Crippen LogP contribution in [-0.2, 0) is 13.1 Å². The Hall–Kier alpha value is -1.16. The second-order valence-electron chi connectivity index (χ2n) is 5.31. The molecule has 0 aliphatic rings. The topological polar surface area (TPSA) is 46.9 Å². The van der Waals surface area contributed by atoms with Gasteiger partial charge < -0.3 is 5.32 Å². The van der Waals surface area contributed by atoms with Crippen LogP contribution in [0.2, 0.25) is 0 Å². The molecular formula is C14H25N3O. The lowest BCUT2D eigenvalue weighted by atomic mass is 10.1. The molecule has 0 aromatic carbocycles. The summed E-state index contributed by atoms with van der Waals surface area (Å²) >= 11 is 0. The van der Waals surface area contributed by atoms with Crippen molar-refractivity contribution in [2.45, 2.75) is 66.1 Å². The molecule has 1 heterocycles. The highest BCUT2D eigenvalue weighted by atomic mass is 16.1. The van der Waals surface area contributed by atoms with E-state index in [0.29, 0.717) is 25.0 Å². The van der Waals surface area contributed by atoms with Gasteiger partial charge in [0, 0.05) is 24.7 Å². The van der Waals surface area contributed by atoms with Crippen molar-refractivity contribution in [1.29, 1.82) is 0 Å². The fourth-order valence-corrected chi connectivity index (χ4v) is 1.71. The highest BCUT2D eigenvalue weighted by Crippen LogP contribution is 2.10. The molecule has 1 N–H and O–H groups in total. The molecule has 1 aromatic heterocycles. The number of aromatic nitrogens is 2. The Bertz CT molecular complexity index is 435. The molecule has 4 nitrogen and oxygen atoms in total. The number of nitrogens with zero attached hydrogens (tertiary/aromatic N) is 2. The summed E-state index contributed by atoms with van der Waals surface area (Å²) in [5.74, 6) is 0.339. The molecule has 0 aliphatic heterocycles. The zero-order valence-corrected chi connectivity index (χ0v) is 12.2. The van der Waals surface area contributed by atoms with Gasteiger partial charge >= 0.3 is 0 Å². The van der Waals surface area contributed by atoms with E-state index in [4.69, 9.17) is 0 Å². The molecule has 0 saturated heterocycles. The molecular weight excluding hydrogens is 226 g/mol. The smallest absolute Gasteiger partial charge is 0.271 e. The molecule has 0 fully saturated rings. The van der Waals surface area contributed by atoms with E-state index in [1.807, 2.05) is 6.07 Å². The standard InChI is InChI=1S/C14H25N3O/c1-6-7-17-14(18)12(9-15-11(4)5)8-13(16-17)10(2)3/h8,10-11,15H,6-7,9H2,1-5H3. The van der Waals surface area contributed by atoms with E-state index in [9.17, 15) is 4.79 Å². The Labute approximate surface area is 109 Å². The van der Waals surface area contributed by atoms with Gasteiger partial charge in [-0.25, -0.2) is 4.68 Å². The lowest BCUT2D eigenvalue weighted by molar-refractivity contribution is 0.526. The first-order valence-corrected chi connectivity index (χ1v) is 6.80. The van der Waals surface area contributed by atoms with Crippen LogP contribution >= 0.6 is 0 Å². The van der Waals surface area contributed by atoms with Gasteiger partial charge in [0.2, 0.25) is 0 Å². The maximum absolute atomic E-state index is 12.2. The first-order chi connectivity index (χ1) is 8.45. The second kappa shape index (κ2) is 6.69. The quantitative estimate of drug-likeness (QED) is 0.843. The van der Waals surface area contributed by atoms with Gasteiger partial charge in [-0.2, -0.15) is 5.10 Å². The summed E-state index contributed by atoms with van der Waals surface area (Å²) in [6.45, 7) is 11.7. The number of rotatable bonds is 6. The van der Waals surface area contributed by atoms with Crippen molar-refractivity contribution >= 4 is 0 Å². The average molecular weight is 251 g/mol. The Morgan fingerprint density at radius 3 is 2.50 bits per heavy atom. The molecule has 0 amide bonds. The molecule has 102 valence electrons. The zero-order valence-electron chi connectivity index (χ0n) is 12.2. The lowest BCUT2D eigenvalue weighted by Crippen LogP contribution is -2.32. The van der Waals surface area contributed by atoms with Crippen LogP contribution in [0.5, 0.6) is 0 Å². The van der Waals surface area contributed by atoms with Crippen LogP contribution in [-0.4, -0.2) is 15.8 Å². The minimum atomic E-state index is 0.0365. The minimum Gasteiger partial charge on any atom is -0.310 e. The van der Waals surface area contributed by atoms with Gasteiger partial charge in [-0.15, -0.1) is 0 Å². The van der Waals surface area contributed by atoms with Crippen LogP contribution < -0.4 is 10.9 Å². The Kier molecular flexibility index (Phi) is 5.54. The highest BCUT2D eigenvalue weighted by molar-refractivity contribution is 5.16. The molecule has 0 unspecified atom stereocenters. The van der Waals surface area contributed by atoms with E-state index >= 15 is 0 Å². The first kappa shape index (κ1) is 14.9. The predicted molar refractivity (Wildman–Crippen MR) is 74.9 cm³/mol. The third kappa shape index (κ3) is 3.95. The first-order valence-electron chi connectivity index (χ1n) is 6.80. The molecule has 0 spiro atoms. The van der Waals surface area contributed by atoms with Crippen LogP contribution in [0.3, 0.4) is 0 Å². The average Bonchev–Trinajstić information content (AvgIpc) is 2.29. The van der Waals surface area contributed by atoms with Crippen LogP contribution in [0.1, 0.15) is 58.2 Å². The Morgan fingerprint density at radius 1 is 1.33 bits per heavy atom. The van der Waals surface area contributed by atoms with Crippen molar-refractivity contribution in [3.8, 4) is 0 Å². The number of nitrogens with one attached hydrogen (secondary N) is 1. The third-order valence-corrected chi connectivity index (χ3v) is 2.80. The molecule has 18 heavy (non-hydrogen) atoms. The molecule has 0 atom stereocenters. The summed E-state index contributed by atoms with van der Waals surface area (Å²) in [4.78, 5) is 12.2. The van der Waals surface area contributed by atoms with E-state index < -0.39 is 0 Å². The number of aryl methyl sites for hydroxylation is 1. The van der Waals surface area contributed by atoms with Crippen LogP contribution in [0, 0.1) is 0 Å². The molecule has 0 bridgehead atoms. The highest BCUT2D eigenvalue weighted by Gasteiger charge is 2.10. The maximum Gasteiger partial charge on any atom is 0.271 e. The lowest BCUT2D eigenvalue weighted by Gasteiger charge is -2.13. The van der Waals surface area contributed by atoms with Crippen LogP contribution in [0.25, 0.3) is 0 Å². The molecule has 0 radical (unpaired) electrons. The zero-order chi connectivity index (χ0) is 13.7. The van der Waals surface area contributed by atoms with Gasteiger partial charge in [-0.1, -0.05) is 34.6 Å². The summed E-state index contributed by atoms with van der Waals surface area (Å²) in [6, 6.07) is 2.31. The Balaban J connectivity index is 3.10. The summed E-state index contributed by atoms with van der Waals surface area (Å²) in [5, 5.41) is 7.72. The van der Waals surface area contributed by atoms with E-state index in [0.717, 1.165) is 17.7 Å². The molecule has 1 aromatic rings. The van der Waals surface area contributed by atoms with Crippen LogP contribution in [0.4, 0.5) is 0 Å². The summed E-state index contributed by atoms with van der Waals surface area (Å²) < 4.78 is 1.60. The van der Waals surface area contributed by atoms with Gasteiger partial charge in [-0.05, 0) is 18.4 Å². The normalized spacial score (nSPS) is 11.5. The van der Waals surface area contributed by atoms with Crippen molar-refractivity contribution in [1.82, 2.24) is 15.1 Å². The van der Waals surface area contributed by atoms with Crippen molar-refractivity contribution in [3.63, 3.8) is 0 Å². The SMILES string of the molecule is CCCn1nc(C(C)C)cc(CNC(C)C)c1=O. The third-order valence-electron chi connectivity index (χ3n) is 2.80. The van der Waals surface area contributed by atoms with Crippen molar-refractivity contribution in [3.05, 3.63) is 27.7 Å². The summed E-state index contributed by atoms with van der Waals surface area (Å²) in [5.41, 5.74) is 1.84.